The van der Waals surface area contributed by atoms with Gasteiger partial charge in [0.2, 0.25) is 5.82 Å². The Kier molecular flexibility index (Phi) is 4.68. The lowest BCUT2D eigenvalue weighted by Crippen LogP contribution is -2.34. The highest BCUT2D eigenvalue weighted by atomic mass is 19.1. The van der Waals surface area contributed by atoms with Crippen molar-refractivity contribution in [2.45, 2.75) is 19.4 Å². The molecule has 0 saturated carbocycles. The van der Waals surface area contributed by atoms with Crippen molar-refractivity contribution in [2.24, 2.45) is 0 Å². The molecule has 0 radical (unpaired) electrons. The molecule has 7 nitrogen and oxygen atoms in total. The molecule has 1 aromatic rings. The monoisotopic (exact) mass is 288 g/mol. The molecule has 0 saturated heterocycles. The van der Waals surface area contributed by atoms with E-state index >= 15 is 0 Å². The summed E-state index contributed by atoms with van der Waals surface area (Å²) in [5, 5.41) is 21.2. The predicted molar refractivity (Wildman–Crippen MR) is 62.2 cm³/mol. The van der Waals surface area contributed by atoms with Gasteiger partial charge in [0, 0.05) is 18.2 Å². The van der Waals surface area contributed by atoms with E-state index in [-0.39, 0.29) is 6.07 Å². The maximum atomic E-state index is 13.4. The minimum absolute atomic E-state index is 0.231. The van der Waals surface area contributed by atoms with Crippen LogP contribution in [0.4, 0.5) is 14.5 Å². The molecule has 9 heteroatoms. The molecule has 0 spiro atoms. The standard InChI is InChI=1S/C11H10F2N2O5/c1-5(2-10(16)17)14-11(18)6-3-9(15(19)20)8(13)4-7(6)12/h3-5H,2H2,1H3,(H,14,18)(H,16,17). The van der Waals surface area contributed by atoms with Crippen LogP contribution in [0.15, 0.2) is 12.1 Å². The number of carboxylic acids is 1. The molecular weight excluding hydrogens is 278 g/mol. The lowest BCUT2D eigenvalue weighted by molar-refractivity contribution is -0.387. The maximum absolute atomic E-state index is 13.4. The van der Waals surface area contributed by atoms with Crippen molar-refractivity contribution in [2.75, 3.05) is 0 Å². The molecule has 0 aliphatic rings. The molecule has 0 fully saturated rings. The molecule has 1 amide bonds. The van der Waals surface area contributed by atoms with Gasteiger partial charge in [0.1, 0.15) is 5.82 Å². The van der Waals surface area contributed by atoms with Crippen LogP contribution in [-0.4, -0.2) is 27.9 Å². The minimum Gasteiger partial charge on any atom is -0.481 e. The first-order valence-electron chi connectivity index (χ1n) is 5.38. The molecule has 0 aliphatic heterocycles. The number of carboxylic acid groups (broad SMARTS) is 1. The molecule has 2 N–H and O–H groups in total. The molecule has 108 valence electrons. The lowest BCUT2D eigenvalue weighted by atomic mass is 10.1. The van der Waals surface area contributed by atoms with Gasteiger partial charge in [-0.25, -0.2) is 4.39 Å². The number of nitrogens with zero attached hydrogens (tertiary/aromatic N) is 1. The zero-order chi connectivity index (χ0) is 15.4. The molecule has 1 rings (SSSR count). The number of benzene rings is 1. The van der Waals surface area contributed by atoms with Crippen LogP contribution in [-0.2, 0) is 4.79 Å². The Morgan fingerprint density at radius 1 is 1.40 bits per heavy atom. The quantitative estimate of drug-likeness (QED) is 0.629. The van der Waals surface area contributed by atoms with E-state index in [1.165, 1.54) is 6.92 Å². The van der Waals surface area contributed by atoms with Crippen molar-refractivity contribution in [1.82, 2.24) is 5.32 Å². The number of carbonyl (C=O) groups is 2. The summed E-state index contributed by atoms with van der Waals surface area (Å²) in [5.41, 5.74) is -1.77. The van der Waals surface area contributed by atoms with E-state index in [4.69, 9.17) is 5.11 Å². The number of carbonyl (C=O) groups excluding carboxylic acids is 1. The highest BCUT2D eigenvalue weighted by Crippen LogP contribution is 2.21. The fraction of sp³-hybridized carbons (Fsp3) is 0.273. The third kappa shape index (κ3) is 3.70. The van der Waals surface area contributed by atoms with Crippen LogP contribution in [0.3, 0.4) is 0 Å². The number of aliphatic carboxylic acids is 1. The van der Waals surface area contributed by atoms with E-state index in [9.17, 15) is 28.5 Å². The second kappa shape index (κ2) is 6.04. The van der Waals surface area contributed by atoms with Crippen LogP contribution in [0.2, 0.25) is 0 Å². The average molecular weight is 288 g/mol. The van der Waals surface area contributed by atoms with Gasteiger partial charge in [0.05, 0.1) is 16.9 Å². The molecule has 0 bridgehead atoms. The van der Waals surface area contributed by atoms with Crippen molar-refractivity contribution in [3.05, 3.63) is 39.4 Å². The molecule has 1 atom stereocenters. The third-order valence-electron chi connectivity index (χ3n) is 2.34. The van der Waals surface area contributed by atoms with Gasteiger partial charge in [-0.1, -0.05) is 0 Å². The number of halogens is 2. The van der Waals surface area contributed by atoms with Gasteiger partial charge in [-0.05, 0) is 6.92 Å². The lowest BCUT2D eigenvalue weighted by Gasteiger charge is -2.11. The molecule has 1 aromatic carbocycles. The summed E-state index contributed by atoms with van der Waals surface area (Å²) in [6.07, 6.45) is -0.406. The van der Waals surface area contributed by atoms with E-state index < -0.39 is 52.1 Å². The van der Waals surface area contributed by atoms with Crippen LogP contribution in [0, 0.1) is 21.7 Å². The largest absolute Gasteiger partial charge is 0.481 e. The Labute approximate surface area is 111 Å². The summed E-state index contributed by atoms with van der Waals surface area (Å²) in [5.74, 6) is -4.90. The van der Waals surface area contributed by atoms with Crippen molar-refractivity contribution in [3.63, 3.8) is 0 Å². The average Bonchev–Trinajstić information content (AvgIpc) is 2.26. The number of nitro benzene ring substituents is 1. The third-order valence-corrected chi connectivity index (χ3v) is 2.34. The topological polar surface area (TPSA) is 110 Å². The van der Waals surface area contributed by atoms with E-state index in [2.05, 4.69) is 5.32 Å². The first kappa shape index (κ1) is 15.5. The highest BCUT2D eigenvalue weighted by Gasteiger charge is 2.23. The SMILES string of the molecule is CC(CC(=O)O)NC(=O)c1cc([N+](=O)[O-])c(F)cc1F. The van der Waals surface area contributed by atoms with E-state index in [1.807, 2.05) is 0 Å². The molecule has 0 heterocycles. The van der Waals surface area contributed by atoms with Crippen LogP contribution >= 0.6 is 0 Å². The van der Waals surface area contributed by atoms with Gasteiger partial charge in [-0.15, -0.1) is 0 Å². The van der Waals surface area contributed by atoms with Crippen molar-refractivity contribution >= 4 is 17.6 Å². The highest BCUT2D eigenvalue weighted by molar-refractivity contribution is 5.95. The maximum Gasteiger partial charge on any atom is 0.305 e. The number of nitro groups is 1. The van der Waals surface area contributed by atoms with Crippen molar-refractivity contribution in [1.29, 1.82) is 0 Å². The minimum atomic E-state index is -1.40. The number of nitrogens with one attached hydrogen (secondary N) is 1. The fourth-order valence-electron chi connectivity index (χ4n) is 1.47. The van der Waals surface area contributed by atoms with E-state index in [0.29, 0.717) is 6.07 Å². The smallest absolute Gasteiger partial charge is 0.305 e. The van der Waals surface area contributed by atoms with Gasteiger partial charge < -0.3 is 10.4 Å². The van der Waals surface area contributed by atoms with Crippen molar-refractivity contribution in [3.8, 4) is 0 Å². The molecule has 20 heavy (non-hydrogen) atoms. The summed E-state index contributed by atoms with van der Waals surface area (Å²) < 4.78 is 26.5. The second-order valence-electron chi connectivity index (χ2n) is 4.01. The van der Waals surface area contributed by atoms with Crippen molar-refractivity contribution < 1.29 is 28.4 Å². The summed E-state index contributed by atoms with van der Waals surface area (Å²) in [6.45, 7) is 1.36. The fourth-order valence-corrected chi connectivity index (χ4v) is 1.47. The summed E-state index contributed by atoms with van der Waals surface area (Å²) in [4.78, 5) is 31.5. The Morgan fingerprint density at radius 2 is 2.00 bits per heavy atom. The first-order chi connectivity index (χ1) is 9.22. The Balaban J connectivity index is 3.01. The molecule has 0 aromatic heterocycles. The zero-order valence-electron chi connectivity index (χ0n) is 10.2. The zero-order valence-corrected chi connectivity index (χ0v) is 10.2. The van der Waals surface area contributed by atoms with Crippen LogP contribution < -0.4 is 5.32 Å². The summed E-state index contributed by atoms with van der Waals surface area (Å²) in [6, 6.07) is -0.119. The Hall–Kier alpha value is -2.58. The second-order valence-corrected chi connectivity index (χ2v) is 4.01. The number of hydrogen-bond donors (Lipinski definition) is 2. The van der Waals surface area contributed by atoms with Gasteiger partial charge >= 0.3 is 11.7 Å². The molecular formula is C11H10F2N2O5. The predicted octanol–water partition coefficient (Wildman–Crippen LogP) is 1.47. The molecule has 0 aliphatic carbocycles. The number of rotatable bonds is 5. The Morgan fingerprint density at radius 3 is 2.50 bits per heavy atom. The van der Waals surface area contributed by atoms with Crippen LogP contribution in [0.1, 0.15) is 23.7 Å². The Bertz CT molecular complexity index is 576. The first-order valence-corrected chi connectivity index (χ1v) is 5.38. The summed E-state index contributed by atoms with van der Waals surface area (Å²) in [7, 11) is 0. The number of hydrogen-bond acceptors (Lipinski definition) is 4. The van der Waals surface area contributed by atoms with Crippen LogP contribution in [0.25, 0.3) is 0 Å². The van der Waals surface area contributed by atoms with E-state index in [1.54, 1.807) is 0 Å². The van der Waals surface area contributed by atoms with Crippen LogP contribution in [0.5, 0.6) is 0 Å². The number of amides is 1. The van der Waals surface area contributed by atoms with E-state index in [0.717, 1.165) is 0 Å². The van der Waals surface area contributed by atoms with Gasteiger partial charge in [0.15, 0.2) is 0 Å². The van der Waals surface area contributed by atoms with Gasteiger partial charge in [-0.2, -0.15) is 4.39 Å². The normalized spacial score (nSPS) is 11.8. The summed E-state index contributed by atoms with van der Waals surface area (Å²) >= 11 is 0. The molecule has 1 unspecified atom stereocenters. The van der Waals surface area contributed by atoms with Gasteiger partial charge in [-0.3, -0.25) is 19.7 Å². The van der Waals surface area contributed by atoms with Gasteiger partial charge in [0.25, 0.3) is 5.91 Å².